The number of aromatic nitrogens is 1. The number of halogens is 2. The zero-order chi connectivity index (χ0) is 14.4. The Morgan fingerprint density at radius 1 is 1.10 bits per heavy atom. The molecule has 0 radical (unpaired) electrons. The molecule has 0 spiro atoms. The largest absolute Gasteiger partial charge is 0.367 e. The predicted molar refractivity (Wildman–Crippen MR) is 76.2 cm³/mol. The number of rotatable bonds is 1. The minimum Gasteiger partial charge on any atom is -0.367 e. The molecule has 2 nitrogen and oxygen atoms in total. The standard InChI is InChI=1S/C17H13F2NO/c18-10-5-6-14(19)13(9-10)17-16-12(7-8-21-17)11-3-1-2-4-15(11)20-16/h1-6,9,17,20H,7-8H2. The zero-order valence-electron chi connectivity index (χ0n) is 11.2. The highest BCUT2D eigenvalue weighted by atomic mass is 19.1. The van der Waals surface area contributed by atoms with E-state index in [0.717, 1.165) is 40.7 Å². The van der Waals surface area contributed by atoms with Crippen molar-refractivity contribution >= 4 is 10.9 Å². The third-order valence-electron chi connectivity index (χ3n) is 3.99. The van der Waals surface area contributed by atoms with Crippen LogP contribution >= 0.6 is 0 Å². The van der Waals surface area contributed by atoms with Gasteiger partial charge >= 0.3 is 0 Å². The van der Waals surface area contributed by atoms with E-state index in [4.69, 9.17) is 4.74 Å². The minimum atomic E-state index is -0.586. The number of benzene rings is 2. The molecule has 4 heteroatoms. The summed E-state index contributed by atoms with van der Waals surface area (Å²) in [5.41, 5.74) is 3.19. The first-order valence-electron chi connectivity index (χ1n) is 6.90. The lowest BCUT2D eigenvalue weighted by Crippen LogP contribution is -2.18. The second kappa shape index (κ2) is 4.67. The predicted octanol–water partition coefficient (Wildman–Crippen LogP) is 4.11. The molecule has 0 saturated carbocycles. The smallest absolute Gasteiger partial charge is 0.129 e. The van der Waals surface area contributed by atoms with Gasteiger partial charge in [0.1, 0.15) is 17.7 Å². The van der Waals surface area contributed by atoms with Crippen LogP contribution in [0.25, 0.3) is 10.9 Å². The van der Waals surface area contributed by atoms with Gasteiger partial charge in [0.25, 0.3) is 0 Å². The molecular formula is C17H13F2NO. The van der Waals surface area contributed by atoms with Crippen molar-refractivity contribution in [2.75, 3.05) is 6.61 Å². The molecule has 0 amide bonds. The fourth-order valence-electron chi connectivity index (χ4n) is 3.04. The number of aromatic amines is 1. The van der Waals surface area contributed by atoms with E-state index >= 15 is 0 Å². The number of H-pyrrole nitrogens is 1. The number of nitrogens with one attached hydrogen (secondary N) is 1. The maximum absolute atomic E-state index is 14.0. The van der Waals surface area contributed by atoms with Crippen molar-refractivity contribution in [3.63, 3.8) is 0 Å². The average Bonchev–Trinajstić information content (AvgIpc) is 2.88. The summed E-state index contributed by atoms with van der Waals surface area (Å²) in [4.78, 5) is 3.30. The summed E-state index contributed by atoms with van der Waals surface area (Å²) in [6.07, 6.45) is 0.184. The lowest BCUT2D eigenvalue weighted by atomic mass is 9.97. The van der Waals surface area contributed by atoms with Gasteiger partial charge < -0.3 is 9.72 Å². The van der Waals surface area contributed by atoms with Gasteiger partial charge in [0, 0.05) is 16.5 Å². The van der Waals surface area contributed by atoms with Gasteiger partial charge in [-0.05, 0) is 36.2 Å². The summed E-state index contributed by atoms with van der Waals surface area (Å²) in [6.45, 7) is 0.496. The van der Waals surface area contributed by atoms with Crippen LogP contribution in [0, 0.1) is 11.6 Å². The first-order valence-corrected chi connectivity index (χ1v) is 6.90. The lowest BCUT2D eigenvalue weighted by Gasteiger charge is -2.24. The zero-order valence-corrected chi connectivity index (χ0v) is 11.2. The quantitative estimate of drug-likeness (QED) is 0.715. The Labute approximate surface area is 120 Å². The highest BCUT2D eigenvalue weighted by Crippen LogP contribution is 2.37. The molecule has 1 N–H and O–H groups in total. The van der Waals surface area contributed by atoms with Gasteiger partial charge in [0.15, 0.2) is 0 Å². The van der Waals surface area contributed by atoms with Gasteiger partial charge in [-0.1, -0.05) is 18.2 Å². The molecule has 0 fully saturated rings. The topological polar surface area (TPSA) is 25.0 Å². The minimum absolute atomic E-state index is 0.238. The first kappa shape index (κ1) is 12.5. The van der Waals surface area contributed by atoms with Crippen molar-refractivity contribution in [1.29, 1.82) is 0 Å². The Morgan fingerprint density at radius 2 is 1.95 bits per heavy atom. The number of ether oxygens (including phenoxy) is 1. The Morgan fingerprint density at radius 3 is 2.86 bits per heavy atom. The van der Waals surface area contributed by atoms with Gasteiger partial charge in [-0.2, -0.15) is 0 Å². The molecule has 0 bridgehead atoms. The highest BCUT2D eigenvalue weighted by Gasteiger charge is 2.28. The van der Waals surface area contributed by atoms with Crippen LogP contribution in [0.5, 0.6) is 0 Å². The number of para-hydroxylation sites is 1. The number of hydrogen-bond acceptors (Lipinski definition) is 1. The summed E-state index contributed by atoms with van der Waals surface area (Å²) in [6, 6.07) is 11.4. The molecular weight excluding hydrogens is 272 g/mol. The van der Waals surface area contributed by atoms with E-state index in [2.05, 4.69) is 4.98 Å². The molecule has 1 aromatic heterocycles. The van der Waals surface area contributed by atoms with Crippen LogP contribution < -0.4 is 0 Å². The van der Waals surface area contributed by atoms with Crippen molar-refractivity contribution in [2.45, 2.75) is 12.5 Å². The molecule has 2 heterocycles. The van der Waals surface area contributed by atoms with E-state index in [1.54, 1.807) is 0 Å². The normalized spacial score (nSPS) is 17.9. The van der Waals surface area contributed by atoms with Crippen molar-refractivity contribution in [1.82, 2.24) is 4.98 Å². The Balaban J connectivity index is 1.92. The molecule has 21 heavy (non-hydrogen) atoms. The van der Waals surface area contributed by atoms with Crippen molar-refractivity contribution in [3.05, 3.63) is 70.9 Å². The van der Waals surface area contributed by atoms with Gasteiger partial charge in [0.2, 0.25) is 0 Å². The van der Waals surface area contributed by atoms with E-state index in [9.17, 15) is 8.78 Å². The van der Waals surface area contributed by atoms with Gasteiger partial charge in [-0.3, -0.25) is 0 Å². The fourth-order valence-corrected chi connectivity index (χ4v) is 3.04. The van der Waals surface area contributed by atoms with Crippen molar-refractivity contribution in [2.24, 2.45) is 0 Å². The summed E-state index contributed by atoms with van der Waals surface area (Å²) in [7, 11) is 0. The average molecular weight is 285 g/mol. The fraction of sp³-hybridized carbons (Fsp3) is 0.176. The van der Waals surface area contributed by atoms with E-state index < -0.39 is 17.7 Å². The molecule has 2 aromatic carbocycles. The maximum atomic E-state index is 14.0. The maximum Gasteiger partial charge on any atom is 0.129 e. The van der Waals surface area contributed by atoms with Gasteiger partial charge in [-0.15, -0.1) is 0 Å². The lowest BCUT2D eigenvalue weighted by molar-refractivity contribution is 0.0651. The monoisotopic (exact) mass is 285 g/mol. The van der Waals surface area contributed by atoms with E-state index in [-0.39, 0.29) is 5.56 Å². The van der Waals surface area contributed by atoms with Crippen LogP contribution in [0.15, 0.2) is 42.5 Å². The summed E-state index contributed by atoms with van der Waals surface area (Å²) in [5, 5.41) is 1.12. The SMILES string of the molecule is Fc1ccc(F)c(C2OCCc3c2[nH]c2ccccc32)c1. The molecule has 1 aliphatic rings. The molecule has 1 aliphatic heterocycles. The second-order valence-electron chi connectivity index (χ2n) is 5.23. The molecule has 3 aromatic rings. The molecule has 0 aliphatic carbocycles. The third kappa shape index (κ3) is 1.94. The first-order chi connectivity index (χ1) is 10.2. The summed E-state index contributed by atoms with van der Waals surface area (Å²) < 4.78 is 33.2. The van der Waals surface area contributed by atoms with Gasteiger partial charge in [0.05, 0.1) is 12.3 Å². The van der Waals surface area contributed by atoms with Gasteiger partial charge in [-0.25, -0.2) is 8.78 Å². The second-order valence-corrected chi connectivity index (χ2v) is 5.23. The third-order valence-corrected chi connectivity index (χ3v) is 3.99. The molecule has 4 rings (SSSR count). The van der Waals surface area contributed by atoms with Crippen LogP contribution in [0.3, 0.4) is 0 Å². The van der Waals surface area contributed by atoms with Crippen molar-refractivity contribution in [3.8, 4) is 0 Å². The van der Waals surface area contributed by atoms with Crippen LogP contribution in [-0.4, -0.2) is 11.6 Å². The number of fused-ring (bicyclic) bond motifs is 3. The molecule has 0 saturated heterocycles. The Hall–Kier alpha value is -2.20. The molecule has 1 unspecified atom stereocenters. The Bertz CT molecular complexity index is 825. The van der Waals surface area contributed by atoms with Crippen LogP contribution in [0.4, 0.5) is 8.78 Å². The van der Waals surface area contributed by atoms with E-state index in [1.165, 1.54) is 6.07 Å². The number of hydrogen-bond donors (Lipinski definition) is 1. The van der Waals surface area contributed by atoms with Crippen LogP contribution in [-0.2, 0) is 11.2 Å². The van der Waals surface area contributed by atoms with Crippen LogP contribution in [0.1, 0.15) is 22.9 Å². The summed E-state index contributed by atoms with van der Waals surface area (Å²) in [5.74, 6) is -0.911. The van der Waals surface area contributed by atoms with Crippen molar-refractivity contribution < 1.29 is 13.5 Å². The van der Waals surface area contributed by atoms with E-state index in [1.807, 2.05) is 24.3 Å². The Kier molecular flexibility index (Phi) is 2.79. The highest BCUT2D eigenvalue weighted by molar-refractivity contribution is 5.85. The van der Waals surface area contributed by atoms with E-state index in [0.29, 0.717) is 6.61 Å². The molecule has 1 atom stereocenters. The van der Waals surface area contributed by atoms with Crippen LogP contribution in [0.2, 0.25) is 0 Å². The summed E-state index contributed by atoms with van der Waals surface area (Å²) >= 11 is 0. The molecule has 106 valence electrons.